The summed E-state index contributed by atoms with van der Waals surface area (Å²) in [6, 6.07) is 4.32. The lowest BCUT2D eigenvalue weighted by atomic mass is 9.72. The van der Waals surface area contributed by atoms with Crippen molar-refractivity contribution in [2.75, 3.05) is 13.1 Å². The quantitative estimate of drug-likeness (QED) is 0.685. The van der Waals surface area contributed by atoms with Crippen LogP contribution in [0.25, 0.3) is 0 Å². The third-order valence-corrected chi connectivity index (χ3v) is 7.02. The molecule has 0 aromatic heterocycles. The third kappa shape index (κ3) is 4.46. The van der Waals surface area contributed by atoms with E-state index in [1.807, 2.05) is 32.6 Å². The number of ether oxygens (including phenoxy) is 1. The van der Waals surface area contributed by atoms with Crippen LogP contribution in [-0.4, -0.2) is 41.1 Å². The van der Waals surface area contributed by atoms with Crippen molar-refractivity contribution in [3.05, 3.63) is 33.8 Å². The summed E-state index contributed by atoms with van der Waals surface area (Å²) in [5.41, 5.74) is 2.75. The molecule has 1 fully saturated rings. The van der Waals surface area contributed by atoms with E-state index in [9.17, 15) is 9.59 Å². The van der Waals surface area contributed by atoms with Gasteiger partial charge >= 0.3 is 6.09 Å². The van der Waals surface area contributed by atoms with Gasteiger partial charge in [-0.1, -0.05) is 17.7 Å². The van der Waals surface area contributed by atoms with Crippen molar-refractivity contribution in [2.45, 2.75) is 90.2 Å². The van der Waals surface area contributed by atoms with Gasteiger partial charge in [0.25, 0.3) is 0 Å². The molecule has 1 aliphatic carbocycles. The smallest absolute Gasteiger partial charge is 0.410 e. The first-order valence-electron chi connectivity index (χ1n) is 10.8. The van der Waals surface area contributed by atoms with Crippen LogP contribution in [0, 0.1) is 6.92 Å². The topological polar surface area (TPSA) is 58.6 Å². The van der Waals surface area contributed by atoms with E-state index in [0.29, 0.717) is 13.1 Å². The monoisotopic (exact) mass is 434 g/mol. The lowest BCUT2D eigenvalue weighted by molar-refractivity contribution is -0.120. The average molecular weight is 435 g/mol. The van der Waals surface area contributed by atoms with Crippen LogP contribution in [0.4, 0.5) is 4.79 Å². The molecule has 166 valence electrons. The number of carbonyl (C=O) groups excluding carboxylic acids is 2. The van der Waals surface area contributed by atoms with Gasteiger partial charge in [0, 0.05) is 36.5 Å². The number of likely N-dealkylation sites (tertiary alicyclic amines) is 1. The number of fused-ring (bicyclic) bond motifs is 2. The molecule has 1 aromatic rings. The first-order chi connectivity index (χ1) is 13.7. The highest BCUT2D eigenvalue weighted by molar-refractivity contribution is 6.31. The molecular weight excluding hydrogens is 400 g/mol. The fourth-order valence-corrected chi connectivity index (χ4v) is 5.33. The van der Waals surface area contributed by atoms with E-state index in [2.05, 4.69) is 31.3 Å². The number of rotatable bonds is 2. The lowest BCUT2D eigenvalue weighted by Crippen LogP contribution is -2.48. The van der Waals surface area contributed by atoms with Gasteiger partial charge in [0.1, 0.15) is 5.60 Å². The average Bonchev–Trinajstić information content (AvgIpc) is 2.88. The van der Waals surface area contributed by atoms with Gasteiger partial charge in [0.05, 0.1) is 0 Å². The molecule has 1 unspecified atom stereocenters. The number of halogens is 1. The minimum absolute atomic E-state index is 0.0103. The van der Waals surface area contributed by atoms with E-state index < -0.39 is 5.60 Å². The molecule has 2 amide bonds. The number of piperidine rings is 1. The van der Waals surface area contributed by atoms with Gasteiger partial charge in [-0.2, -0.15) is 0 Å². The Labute approximate surface area is 185 Å². The summed E-state index contributed by atoms with van der Waals surface area (Å²) in [6.07, 6.45) is 2.47. The van der Waals surface area contributed by atoms with Gasteiger partial charge in [-0.25, -0.2) is 4.79 Å². The van der Waals surface area contributed by atoms with Gasteiger partial charge in [0.15, 0.2) is 0 Å². The molecule has 6 heteroatoms. The van der Waals surface area contributed by atoms with Gasteiger partial charge in [-0.15, -0.1) is 0 Å². The first-order valence-corrected chi connectivity index (χ1v) is 11.2. The summed E-state index contributed by atoms with van der Waals surface area (Å²) in [6.45, 7) is 14.8. The zero-order valence-corrected chi connectivity index (χ0v) is 20.1. The molecule has 0 radical (unpaired) electrons. The second-order valence-electron chi connectivity index (χ2n) is 10.6. The maximum Gasteiger partial charge on any atom is 0.410 e. The number of hydrogen-bond acceptors (Lipinski definition) is 3. The summed E-state index contributed by atoms with van der Waals surface area (Å²) in [5.74, 6) is 0.142. The second-order valence-corrected chi connectivity index (χ2v) is 11.0. The highest BCUT2D eigenvalue weighted by Gasteiger charge is 2.50. The van der Waals surface area contributed by atoms with Crippen LogP contribution in [0.15, 0.2) is 12.1 Å². The van der Waals surface area contributed by atoms with Crippen molar-refractivity contribution in [1.82, 2.24) is 10.2 Å². The van der Waals surface area contributed by atoms with Crippen LogP contribution in [-0.2, 0) is 14.9 Å². The van der Waals surface area contributed by atoms with Crippen LogP contribution in [0.3, 0.4) is 0 Å². The number of hydrogen-bond donors (Lipinski definition) is 1. The van der Waals surface area contributed by atoms with Gasteiger partial charge in [-0.05, 0) is 89.0 Å². The predicted octanol–water partition coefficient (Wildman–Crippen LogP) is 5.32. The van der Waals surface area contributed by atoms with E-state index >= 15 is 0 Å². The van der Waals surface area contributed by atoms with Crippen LogP contribution in [0.5, 0.6) is 0 Å². The van der Waals surface area contributed by atoms with E-state index in [-0.39, 0.29) is 28.9 Å². The van der Waals surface area contributed by atoms with Crippen molar-refractivity contribution < 1.29 is 14.3 Å². The Kier molecular flexibility index (Phi) is 5.92. The minimum Gasteiger partial charge on any atom is -0.444 e. The molecule has 1 aromatic carbocycles. The normalized spacial score (nSPS) is 20.8. The third-order valence-electron chi connectivity index (χ3n) is 6.61. The van der Waals surface area contributed by atoms with Crippen LogP contribution in [0.1, 0.15) is 83.4 Å². The molecule has 1 spiro atoms. The molecule has 1 saturated heterocycles. The summed E-state index contributed by atoms with van der Waals surface area (Å²) < 4.78 is 5.57. The standard InChI is InChI=1S/C24H35ClN2O3/c1-15-12-18-17(13-20(15)25)19(23(6,7)26-16(2)28)14-24(18)8-10-27(11-9-24)21(29)30-22(3,4)5/h12-13,19H,8-11,14H2,1-7H3,(H,26,28). The summed E-state index contributed by atoms with van der Waals surface area (Å²) in [7, 11) is 0. The Morgan fingerprint density at radius 3 is 2.30 bits per heavy atom. The SMILES string of the molecule is CC(=O)NC(C)(C)C1CC2(CCN(C(=O)OC(C)(C)C)CC2)c2cc(C)c(Cl)cc21. The fraction of sp³-hybridized carbons (Fsp3) is 0.667. The van der Waals surface area contributed by atoms with E-state index in [1.54, 1.807) is 6.92 Å². The van der Waals surface area contributed by atoms with Crippen LogP contribution in [0.2, 0.25) is 5.02 Å². The summed E-state index contributed by atoms with van der Waals surface area (Å²) >= 11 is 6.51. The first kappa shape index (κ1) is 22.9. The van der Waals surface area contributed by atoms with Crippen molar-refractivity contribution in [2.24, 2.45) is 0 Å². The number of amides is 2. The second kappa shape index (κ2) is 7.74. The number of nitrogens with zero attached hydrogens (tertiary/aromatic N) is 1. The van der Waals surface area contributed by atoms with Crippen molar-refractivity contribution in [1.29, 1.82) is 0 Å². The van der Waals surface area contributed by atoms with Crippen molar-refractivity contribution >= 4 is 23.6 Å². The summed E-state index contributed by atoms with van der Waals surface area (Å²) in [4.78, 5) is 26.2. The van der Waals surface area contributed by atoms with Crippen LogP contribution >= 0.6 is 11.6 Å². The highest BCUT2D eigenvalue weighted by atomic mass is 35.5. The Morgan fingerprint density at radius 1 is 1.17 bits per heavy atom. The predicted molar refractivity (Wildman–Crippen MR) is 120 cm³/mol. The molecule has 30 heavy (non-hydrogen) atoms. The Bertz CT molecular complexity index is 849. The Balaban J connectivity index is 1.90. The van der Waals surface area contributed by atoms with E-state index in [0.717, 1.165) is 29.8 Å². The fourth-order valence-electron chi connectivity index (χ4n) is 5.16. The van der Waals surface area contributed by atoms with Gasteiger partial charge in [-0.3, -0.25) is 4.79 Å². The summed E-state index contributed by atoms with van der Waals surface area (Å²) in [5, 5.41) is 3.91. The zero-order valence-electron chi connectivity index (χ0n) is 19.3. The molecule has 1 heterocycles. The lowest BCUT2D eigenvalue weighted by Gasteiger charge is -2.41. The maximum atomic E-state index is 12.5. The van der Waals surface area contributed by atoms with Gasteiger partial charge < -0.3 is 15.0 Å². The number of aryl methyl sites for hydroxylation is 1. The molecule has 2 aliphatic rings. The molecule has 1 aliphatic heterocycles. The maximum absolute atomic E-state index is 12.5. The number of carbonyl (C=O) groups is 2. The van der Waals surface area contributed by atoms with Crippen molar-refractivity contribution in [3.8, 4) is 0 Å². The minimum atomic E-state index is -0.493. The molecule has 5 nitrogen and oxygen atoms in total. The molecular formula is C24H35ClN2O3. The molecule has 3 rings (SSSR count). The van der Waals surface area contributed by atoms with Gasteiger partial charge in [0.2, 0.25) is 5.91 Å². The molecule has 1 N–H and O–H groups in total. The Morgan fingerprint density at radius 2 is 1.77 bits per heavy atom. The van der Waals surface area contributed by atoms with Crippen LogP contribution < -0.4 is 5.32 Å². The Hall–Kier alpha value is -1.75. The number of nitrogens with one attached hydrogen (secondary N) is 1. The molecule has 0 bridgehead atoms. The molecule has 1 atom stereocenters. The van der Waals surface area contributed by atoms with E-state index in [4.69, 9.17) is 16.3 Å². The highest BCUT2D eigenvalue weighted by Crippen LogP contribution is 2.55. The van der Waals surface area contributed by atoms with E-state index in [1.165, 1.54) is 11.1 Å². The molecule has 0 saturated carbocycles. The largest absolute Gasteiger partial charge is 0.444 e. The zero-order chi connectivity index (χ0) is 22.5. The van der Waals surface area contributed by atoms with Crippen molar-refractivity contribution in [3.63, 3.8) is 0 Å². The number of benzene rings is 1.